The Balaban J connectivity index is 1.24. The third kappa shape index (κ3) is 4.70. The van der Waals surface area contributed by atoms with Crippen LogP contribution in [0.5, 0.6) is 0 Å². The van der Waals surface area contributed by atoms with Crippen LogP contribution in [0.15, 0.2) is 77.7 Å². The first-order valence-electron chi connectivity index (χ1n) is 11.2. The van der Waals surface area contributed by atoms with E-state index in [4.69, 9.17) is 0 Å². The highest BCUT2D eigenvalue weighted by Gasteiger charge is 2.30. The average Bonchev–Trinajstić information content (AvgIpc) is 3.41. The Labute approximate surface area is 205 Å². The number of carbonyl (C=O) groups excluding carboxylic acids is 3. The molecule has 3 aromatic carbocycles. The van der Waals surface area contributed by atoms with Crippen molar-refractivity contribution in [2.24, 2.45) is 0 Å². The summed E-state index contributed by atoms with van der Waals surface area (Å²) >= 11 is 1.62. The largest absolute Gasteiger partial charge is 0.354 e. The minimum atomic E-state index is -0.284. The summed E-state index contributed by atoms with van der Waals surface area (Å²) in [4.78, 5) is 42.0. The molecule has 0 radical (unpaired) electrons. The molecule has 0 aliphatic carbocycles. The highest BCUT2D eigenvalue weighted by atomic mass is 32.2. The molecule has 35 heavy (non-hydrogen) atoms. The fraction of sp³-hybridized carbons (Fsp3) is 0.148. The lowest BCUT2D eigenvalue weighted by atomic mass is 10.1. The second-order valence-corrected chi connectivity index (χ2v) is 9.26. The summed E-state index contributed by atoms with van der Waals surface area (Å²) in [5.41, 5.74) is 3.75. The predicted molar refractivity (Wildman–Crippen MR) is 135 cm³/mol. The van der Waals surface area contributed by atoms with Crippen LogP contribution in [0, 0.1) is 5.82 Å². The highest BCUT2D eigenvalue weighted by Crippen LogP contribution is 2.37. The second-order valence-electron chi connectivity index (χ2n) is 8.16. The van der Waals surface area contributed by atoms with Gasteiger partial charge in [0.15, 0.2) is 0 Å². The number of imide groups is 1. The average molecular weight is 488 g/mol. The number of aromatic nitrogens is 1. The molecule has 5 rings (SSSR count). The zero-order chi connectivity index (χ0) is 24.4. The van der Waals surface area contributed by atoms with E-state index in [1.165, 1.54) is 12.1 Å². The van der Waals surface area contributed by atoms with Gasteiger partial charge in [0, 0.05) is 46.5 Å². The van der Waals surface area contributed by atoms with Gasteiger partial charge in [0.1, 0.15) is 5.82 Å². The molecule has 176 valence electrons. The minimum absolute atomic E-state index is 0.220. The Kier molecular flexibility index (Phi) is 6.37. The van der Waals surface area contributed by atoms with Gasteiger partial charge in [-0.2, -0.15) is 0 Å². The van der Waals surface area contributed by atoms with Gasteiger partial charge in [0.05, 0.1) is 11.4 Å². The quantitative estimate of drug-likeness (QED) is 0.215. The molecule has 0 atom stereocenters. The summed E-state index contributed by atoms with van der Waals surface area (Å²) in [7, 11) is 0. The predicted octanol–water partition coefficient (Wildman–Crippen LogP) is 5.15. The van der Waals surface area contributed by atoms with Crippen molar-refractivity contribution in [1.29, 1.82) is 0 Å². The normalized spacial score (nSPS) is 13.6. The molecule has 0 unspecified atom stereocenters. The Hall–Kier alpha value is -3.91. The van der Waals surface area contributed by atoms with Crippen LogP contribution >= 0.6 is 11.8 Å². The molecule has 1 aromatic heterocycles. The number of hydrogen-bond donors (Lipinski definition) is 2. The number of amides is 3. The summed E-state index contributed by atoms with van der Waals surface area (Å²) in [5, 5.41) is 3.99. The molecule has 1 aliphatic rings. The number of carbonyl (C=O) groups is 3. The van der Waals surface area contributed by atoms with Gasteiger partial charge in [-0.25, -0.2) is 4.39 Å². The third-order valence-corrected chi connectivity index (χ3v) is 6.99. The van der Waals surface area contributed by atoms with E-state index in [0.29, 0.717) is 23.5 Å². The molecular formula is C27H22FN3O3S. The smallest absolute Gasteiger partial charge is 0.251 e. The first kappa shape index (κ1) is 22.9. The van der Waals surface area contributed by atoms with E-state index < -0.39 is 0 Å². The van der Waals surface area contributed by atoms with Crippen molar-refractivity contribution in [3.8, 4) is 11.3 Å². The van der Waals surface area contributed by atoms with E-state index in [9.17, 15) is 18.8 Å². The van der Waals surface area contributed by atoms with Crippen LogP contribution in [0.3, 0.4) is 0 Å². The van der Waals surface area contributed by atoms with Crippen LogP contribution in [-0.2, 0) is 9.59 Å². The van der Waals surface area contributed by atoms with Gasteiger partial charge in [-0.15, -0.1) is 11.8 Å². The summed E-state index contributed by atoms with van der Waals surface area (Å²) in [6.07, 6.45) is 0.441. The second kappa shape index (κ2) is 9.76. The van der Waals surface area contributed by atoms with Crippen molar-refractivity contribution < 1.29 is 18.8 Å². The number of H-pyrrole nitrogens is 1. The lowest BCUT2D eigenvalue weighted by molar-refractivity contribution is -0.121. The standard InChI is InChI=1S/C27H22FN3O3S/c28-19-9-5-17(6-10-19)25-26(21-3-1-2-4-22(21)30-25)35-16-15-29-27(34)18-7-11-20(12-8-18)31-23(32)13-14-24(31)33/h1-12,30H,13-16H2,(H,29,34). The van der Waals surface area contributed by atoms with E-state index >= 15 is 0 Å². The SMILES string of the molecule is O=C(NCCSc1c(-c2ccc(F)cc2)[nH]c2ccccc12)c1ccc(N2C(=O)CCC2=O)cc1. The van der Waals surface area contributed by atoms with Crippen molar-refractivity contribution in [3.05, 3.63) is 84.2 Å². The molecule has 0 bridgehead atoms. The van der Waals surface area contributed by atoms with Gasteiger partial charge in [0.2, 0.25) is 11.8 Å². The topological polar surface area (TPSA) is 82.3 Å². The summed E-state index contributed by atoms with van der Waals surface area (Å²) in [5.74, 6) is -0.318. The maximum atomic E-state index is 13.4. The van der Waals surface area contributed by atoms with E-state index in [-0.39, 0.29) is 36.4 Å². The zero-order valence-corrected chi connectivity index (χ0v) is 19.5. The van der Waals surface area contributed by atoms with Crippen LogP contribution in [0.1, 0.15) is 23.2 Å². The fourth-order valence-corrected chi connectivity index (χ4v) is 5.19. The van der Waals surface area contributed by atoms with E-state index in [1.807, 2.05) is 24.3 Å². The maximum Gasteiger partial charge on any atom is 0.251 e. The monoisotopic (exact) mass is 487 g/mol. The van der Waals surface area contributed by atoms with Crippen LogP contribution in [0.4, 0.5) is 10.1 Å². The van der Waals surface area contributed by atoms with Gasteiger partial charge in [0.25, 0.3) is 5.91 Å². The molecule has 6 nitrogen and oxygen atoms in total. The molecular weight excluding hydrogens is 465 g/mol. The molecule has 0 spiro atoms. The number of hydrogen-bond acceptors (Lipinski definition) is 4. The van der Waals surface area contributed by atoms with Gasteiger partial charge in [-0.05, 0) is 60.2 Å². The number of fused-ring (bicyclic) bond motifs is 1. The first-order chi connectivity index (χ1) is 17.0. The van der Waals surface area contributed by atoms with Crippen molar-refractivity contribution in [2.75, 3.05) is 17.2 Å². The minimum Gasteiger partial charge on any atom is -0.354 e. The van der Waals surface area contributed by atoms with Crippen molar-refractivity contribution in [3.63, 3.8) is 0 Å². The number of thioether (sulfide) groups is 1. The Morgan fingerprint density at radius 2 is 1.63 bits per heavy atom. The van der Waals surface area contributed by atoms with Crippen LogP contribution in [-0.4, -0.2) is 35.0 Å². The molecule has 2 N–H and O–H groups in total. The van der Waals surface area contributed by atoms with Gasteiger partial charge in [-0.3, -0.25) is 19.3 Å². The number of aromatic amines is 1. The maximum absolute atomic E-state index is 13.4. The zero-order valence-electron chi connectivity index (χ0n) is 18.7. The number of nitrogens with zero attached hydrogens (tertiary/aromatic N) is 1. The molecule has 2 heterocycles. The van der Waals surface area contributed by atoms with Crippen molar-refractivity contribution in [1.82, 2.24) is 10.3 Å². The number of para-hydroxylation sites is 1. The molecule has 4 aromatic rings. The molecule has 1 aliphatic heterocycles. The number of nitrogens with one attached hydrogen (secondary N) is 2. The van der Waals surface area contributed by atoms with Crippen LogP contribution in [0.25, 0.3) is 22.2 Å². The number of benzene rings is 3. The summed E-state index contributed by atoms with van der Waals surface area (Å²) < 4.78 is 13.4. The Morgan fingerprint density at radius 3 is 2.34 bits per heavy atom. The third-order valence-electron chi connectivity index (χ3n) is 5.86. The van der Waals surface area contributed by atoms with E-state index in [2.05, 4.69) is 10.3 Å². The summed E-state index contributed by atoms with van der Waals surface area (Å²) in [6.45, 7) is 0.441. The molecule has 1 saturated heterocycles. The lowest BCUT2D eigenvalue weighted by Gasteiger charge is -2.14. The van der Waals surface area contributed by atoms with Crippen LogP contribution in [0.2, 0.25) is 0 Å². The van der Waals surface area contributed by atoms with Crippen molar-refractivity contribution >= 4 is 46.1 Å². The molecule has 1 fully saturated rings. The molecule has 0 saturated carbocycles. The van der Waals surface area contributed by atoms with Crippen LogP contribution < -0.4 is 10.2 Å². The first-order valence-corrected chi connectivity index (χ1v) is 12.2. The Bertz CT molecular complexity index is 1400. The highest BCUT2D eigenvalue weighted by molar-refractivity contribution is 7.99. The molecule has 3 amide bonds. The van der Waals surface area contributed by atoms with Gasteiger partial charge < -0.3 is 10.3 Å². The fourth-order valence-electron chi connectivity index (χ4n) is 4.13. The van der Waals surface area contributed by atoms with Gasteiger partial charge >= 0.3 is 0 Å². The number of rotatable bonds is 7. The van der Waals surface area contributed by atoms with Crippen molar-refractivity contribution in [2.45, 2.75) is 17.7 Å². The Morgan fingerprint density at radius 1 is 0.943 bits per heavy atom. The lowest BCUT2D eigenvalue weighted by Crippen LogP contribution is -2.29. The number of halogens is 1. The summed E-state index contributed by atoms with van der Waals surface area (Å²) in [6, 6.07) is 20.8. The molecule has 8 heteroatoms. The van der Waals surface area contributed by atoms with Gasteiger partial charge in [-0.1, -0.05) is 18.2 Å². The van der Waals surface area contributed by atoms with E-state index in [1.54, 1.807) is 48.2 Å². The van der Waals surface area contributed by atoms with E-state index in [0.717, 1.165) is 32.0 Å². The number of anilines is 1.